The molecule has 0 fully saturated rings. The highest BCUT2D eigenvalue weighted by molar-refractivity contribution is 7.18. The van der Waals surface area contributed by atoms with E-state index in [2.05, 4.69) is 10.1 Å². The first-order valence-corrected chi connectivity index (χ1v) is 9.06. The Balaban J connectivity index is 1.74. The molecule has 2 aromatic carbocycles. The van der Waals surface area contributed by atoms with Gasteiger partial charge in [0.05, 0.1) is 12.1 Å². The van der Waals surface area contributed by atoms with Gasteiger partial charge < -0.3 is 4.74 Å². The zero-order chi connectivity index (χ0) is 18.3. The van der Waals surface area contributed by atoms with Gasteiger partial charge in [-0.3, -0.25) is 4.79 Å². The van der Waals surface area contributed by atoms with E-state index in [4.69, 9.17) is 16.3 Å². The maximum Gasteiger partial charge on any atom is 0.275 e. The van der Waals surface area contributed by atoms with Gasteiger partial charge in [0.15, 0.2) is 5.01 Å². The summed E-state index contributed by atoms with van der Waals surface area (Å²) in [4.78, 5) is 16.8. The largest absolute Gasteiger partial charge is 0.497 e. The van der Waals surface area contributed by atoms with Gasteiger partial charge in [0, 0.05) is 11.8 Å². The summed E-state index contributed by atoms with van der Waals surface area (Å²) in [5.41, 5.74) is 1.40. The summed E-state index contributed by atoms with van der Waals surface area (Å²) in [7, 11) is 1.65. The molecule has 0 radical (unpaired) electrons. The number of benzene rings is 2. The van der Waals surface area contributed by atoms with Crippen LogP contribution in [0.3, 0.4) is 0 Å². The third-order valence-corrected chi connectivity index (χ3v) is 5.28. The van der Waals surface area contributed by atoms with Crippen LogP contribution < -0.4 is 10.3 Å². The molecule has 0 N–H and O–H groups in total. The van der Waals surface area contributed by atoms with E-state index >= 15 is 0 Å². The summed E-state index contributed by atoms with van der Waals surface area (Å²) in [5.74, 6) is 0.821. The predicted octanol–water partition coefficient (Wildman–Crippen LogP) is 4.36. The summed E-state index contributed by atoms with van der Waals surface area (Å²) in [6.07, 6.45) is 1.83. The molecule has 130 valence electrons. The Morgan fingerprint density at radius 1 is 1.19 bits per heavy atom. The Kier molecular flexibility index (Phi) is 4.22. The number of hydrogen-bond acceptors (Lipinski definition) is 5. The van der Waals surface area contributed by atoms with Crippen LogP contribution in [-0.4, -0.2) is 21.7 Å². The maximum absolute atomic E-state index is 12.0. The van der Waals surface area contributed by atoms with Crippen molar-refractivity contribution in [3.05, 3.63) is 69.1 Å². The summed E-state index contributed by atoms with van der Waals surface area (Å²) in [5, 5.41) is 7.47. The van der Waals surface area contributed by atoms with E-state index in [9.17, 15) is 4.79 Å². The van der Waals surface area contributed by atoms with Crippen molar-refractivity contribution in [2.24, 2.45) is 0 Å². The highest BCUT2D eigenvalue weighted by Crippen LogP contribution is 2.28. The molecular weight excluding hydrogens is 370 g/mol. The minimum atomic E-state index is -0.209. The van der Waals surface area contributed by atoms with E-state index in [1.54, 1.807) is 14.0 Å². The van der Waals surface area contributed by atoms with Crippen molar-refractivity contribution in [1.29, 1.82) is 0 Å². The first kappa shape index (κ1) is 16.8. The molecule has 0 aliphatic rings. The fourth-order valence-corrected chi connectivity index (χ4v) is 3.82. The van der Waals surface area contributed by atoms with E-state index < -0.39 is 0 Å². The fourth-order valence-electron chi connectivity index (χ4n) is 2.68. The fraction of sp³-hybridized carbons (Fsp3) is 0.105. The highest BCUT2D eigenvalue weighted by Gasteiger charge is 2.10. The topological polar surface area (TPSA) is 56.5 Å². The molecule has 0 bridgehead atoms. The van der Waals surface area contributed by atoms with Crippen LogP contribution in [-0.2, 0) is 0 Å². The van der Waals surface area contributed by atoms with E-state index in [1.807, 2.05) is 42.5 Å². The minimum absolute atomic E-state index is 0.209. The van der Waals surface area contributed by atoms with Gasteiger partial charge in [-0.25, -0.2) is 4.98 Å². The molecule has 0 saturated heterocycles. The van der Waals surface area contributed by atoms with Gasteiger partial charge >= 0.3 is 0 Å². The first-order valence-electron chi connectivity index (χ1n) is 7.86. The summed E-state index contributed by atoms with van der Waals surface area (Å²) in [6, 6.07) is 13.4. The van der Waals surface area contributed by atoms with Gasteiger partial charge in [-0.05, 0) is 47.5 Å². The molecule has 26 heavy (non-hydrogen) atoms. The molecule has 2 heterocycles. The van der Waals surface area contributed by atoms with E-state index in [-0.39, 0.29) is 5.56 Å². The number of halogens is 1. The quantitative estimate of drug-likeness (QED) is 0.527. The average molecular weight is 384 g/mol. The molecule has 0 aliphatic heterocycles. The Morgan fingerprint density at radius 3 is 2.77 bits per heavy atom. The zero-order valence-corrected chi connectivity index (χ0v) is 15.6. The van der Waals surface area contributed by atoms with Crippen molar-refractivity contribution in [1.82, 2.24) is 14.6 Å². The van der Waals surface area contributed by atoms with Crippen LogP contribution in [0.15, 0.2) is 47.3 Å². The number of nitrogens with zero attached hydrogens (tertiary/aromatic N) is 3. The first-order chi connectivity index (χ1) is 12.5. The summed E-state index contributed by atoms with van der Waals surface area (Å²) in [6.45, 7) is 1.78. The number of hydrogen-bond donors (Lipinski definition) is 0. The van der Waals surface area contributed by atoms with Crippen molar-refractivity contribution in [2.45, 2.75) is 6.92 Å². The van der Waals surface area contributed by atoms with Crippen molar-refractivity contribution in [3.63, 3.8) is 0 Å². The molecule has 0 atom stereocenters. The zero-order valence-electron chi connectivity index (χ0n) is 14.1. The Labute approximate surface area is 158 Å². The smallest absolute Gasteiger partial charge is 0.275 e. The van der Waals surface area contributed by atoms with Gasteiger partial charge in [0.1, 0.15) is 5.75 Å². The van der Waals surface area contributed by atoms with Crippen molar-refractivity contribution in [2.75, 3.05) is 7.11 Å². The lowest BCUT2D eigenvalue weighted by molar-refractivity contribution is 0.415. The van der Waals surface area contributed by atoms with E-state index in [0.717, 1.165) is 22.1 Å². The van der Waals surface area contributed by atoms with E-state index in [1.165, 1.54) is 21.9 Å². The molecule has 7 heteroatoms. The third kappa shape index (κ3) is 3.09. The highest BCUT2D eigenvalue weighted by atomic mass is 35.5. The Bertz CT molecular complexity index is 1230. The molecule has 4 rings (SSSR count). The molecule has 0 spiro atoms. The molecular formula is C19H14ClN3O2S. The lowest BCUT2D eigenvalue weighted by Gasteiger charge is -2.03. The number of methoxy groups -OCH3 is 1. The second-order valence-electron chi connectivity index (χ2n) is 5.80. The number of aromatic nitrogens is 3. The number of aryl methyl sites for hydroxylation is 1. The molecule has 5 nitrogen and oxygen atoms in total. The molecule has 4 aromatic rings. The van der Waals surface area contributed by atoms with Crippen molar-refractivity contribution in [3.8, 4) is 5.75 Å². The monoisotopic (exact) mass is 383 g/mol. The van der Waals surface area contributed by atoms with Gasteiger partial charge in [-0.15, -0.1) is 0 Å². The maximum atomic E-state index is 12.0. The molecule has 0 aliphatic carbocycles. The lowest BCUT2D eigenvalue weighted by Crippen LogP contribution is -2.14. The standard InChI is InChI=1S/C19H14ClN3O2S/c1-11-7-17(24)23-19(21-11)26-18(22-23)16(20)9-12-3-4-14-10-15(25-2)6-5-13(14)8-12/h3-10H,1-2H3/b16-9-. The van der Waals surface area contributed by atoms with E-state index in [0.29, 0.717) is 20.7 Å². The number of rotatable bonds is 3. The van der Waals surface area contributed by atoms with Crippen molar-refractivity contribution >= 4 is 49.8 Å². The van der Waals surface area contributed by atoms with Gasteiger partial charge in [0.2, 0.25) is 4.96 Å². The summed E-state index contributed by atoms with van der Waals surface area (Å²) < 4.78 is 6.52. The van der Waals surface area contributed by atoms with Crippen LogP contribution in [0.4, 0.5) is 0 Å². The molecule has 0 saturated carbocycles. The van der Waals surface area contributed by atoms with Crippen LogP contribution in [0, 0.1) is 6.92 Å². The molecule has 0 unspecified atom stereocenters. The van der Waals surface area contributed by atoms with Gasteiger partial charge in [-0.1, -0.05) is 41.1 Å². The number of fused-ring (bicyclic) bond motifs is 2. The predicted molar refractivity (Wildman–Crippen MR) is 106 cm³/mol. The molecule has 0 amide bonds. The van der Waals surface area contributed by atoms with Crippen LogP contribution in [0.1, 0.15) is 16.3 Å². The van der Waals surface area contributed by atoms with Crippen LogP contribution in [0.25, 0.3) is 26.8 Å². The lowest BCUT2D eigenvalue weighted by atomic mass is 10.1. The second-order valence-corrected chi connectivity index (χ2v) is 7.17. The summed E-state index contributed by atoms with van der Waals surface area (Å²) >= 11 is 7.73. The minimum Gasteiger partial charge on any atom is -0.497 e. The van der Waals surface area contributed by atoms with Gasteiger partial charge in [-0.2, -0.15) is 9.61 Å². The van der Waals surface area contributed by atoms with Gasteiger partial charge in [0.25, 0.3) is 5.56 Å². The number of ether oxygens (including phenoxy) is 1. The molecule has 2 aromatic heterocycles. The average Bonchev–Trinajstić information content (AvgIpc) is 3.05. The Hall–Kier alpha value is -2.70. The van der Waals surface area contributed by atoms with Crippen LogP contribution >= 0.6 is 22.9 Å². The SMILES string of the molecule is COc1ccc2cc(/C=C(\Cl)c3nn4c(=O)cc(C)nc4s3)ccc2c1. The normalized spacial score (nSPS) is 12.0. The van der Waals surface area contributed by atoms with Crippen LogP contribution in [0.5, 0.6) is 5.75 Å². The van der Waals surface area contributed by atoms with Crippen LogP contribution in [0.2, 0.25) is 0 Å². The second kappa shape index (κ2) is 6.55. The third-order valence-electron chi connectivity index (χ3n) is 3.94. The van der Waals surface area contributed by atoms with Crippen molar-refractivity contribution < 1.29 is 4.74 Å². The Morgan fingerprint density at radius 2 is 1.96 bits per heavy atom.